The summed E-state index contributed by atoms with van der Waals surface area (Å²) in [5.41, 5.74) is 0.128. The minimum atomic E-state index is -1.16. The second kappa shape index (κ2) is 9.96. The number of aliphatic hydroxyl groups is 2. The lowest BCUT2D eigenvalue weighted by atomic mass is 9.86. The number of nitrogens with one attached hydrogen (secondary N) is 1. The summed E-state index contributed by atoms with van der Waals surface area (Å²) in [5, 5.41) is 23.3. The Morgan fingerprint density at radius 2 is 2.13 bits per heavy atom. The average molecular weight is 440 g/mol. The van der Waals surface area contributed by atoms with Crippen LogP contribution >= 0.6 is 11.6 Å². The molecule has 2 saturated heterocycles. The number of amides is 1. The van der Waals surface area contributed by atoms with E-state index in [0.29, 0.717) is 12.3 Å². The molecule has 1 aliphatic carbocycles. The van der Waals surface area contributed by atoms with Crippen LogP contribution < -0.4 is 5.32 Å². The molecule has 3 rings (SSSR count). The van der Waals surface area contributed by atoms with E-state index in [1.807, 2.05) is 6.92 Å². The van der Waals surface area contributed by atoms with Crippen molar-refractivity contribution in [3.05, 3.63) is 34.9 Å². The van der Waals surface area contributed by atoms with E-state index in [1.54, 1.807) is 12.2 Å². The van der Waals surface area contributed by atoms with Crippen molar-refractivity contribution in [3.8, 4) is 0 Å². The monoisotopic (exact) mass is 439 g/mol. The second-order valence-corrected chi connectivity index (χ2v) is 9.29. The van der Waals surface area contributed by atoms with Gasteiger partial charge in [0.2, 0.25) is 5.91 Å². The SMILES string of the molecule is CCCCCC[C@@H](C)/C=C(C)/C=C/C(=O)N[C@H]1C[C@]2(C=C(Cl)[C@H](O)[C@@H]3O[C@@H]32)O[C@H]1O. The molecule has 0 radical (unpaired) electrons. The van der Waals surface area contributed by atoms with E-state index in [0.717, 1.165) is 12.0 Å². The van der Waals surface area contributed by atoms with Crippen molar-refractivity contribution >= 4 is 17.5 Å². The first-order valence-electron chi connectivity index (χ1n) is 11.0. The van der Waals surface area contributed by atoms with Crippen molar-refractivity contribution in [2.75, 3.05) is 0 Å². The number of aliphatic hydroxyl groups excluding tert-OH is 2. The van der Waals surface area contributed by atoms with Gasteiger partial charge >= 0.3 is 0 Å². The number of carbonyl (C=O) groups is 1. The van der Waals surface area contributed by atoms with E-state index < -0.39 is 30.1 Å². The first-order valence-corrected chi connectivity index (χ1v) is 11.4. The summed E-state index contributed by atoms with van der Waals surface area (Å²) in [5.74, 6) is 0.186. The predicted molar refractivity (Wildman–Crippen MR) is 116 cm³/mol. The average Bonchev–Trinajstić information content (AvgIpc) is 3.44. The predicted octanol–water partition coefficient (Wildman–Crippen LogP) is 3.32. The first kappa shape index (κ1) is 23.5. The largest absolute Gasteiger partial charge is 0.385 e. The van der Waals surface area contributed by atoms with Gasteiger partial charge in [-0.05, 0) is 25.3 Å². The van der Waals surface area contributed by atoms with Gasteiger partial charge in [0.15, 0.2) is 6.29 Å². The Morgan fingerprint density at radius 3 is 2.87 bits per heavy atom. The highest BCUT2D eigenvalue weighted by Crippen LogP contribution is 2.50. The summed E-state index contributed by atoms with van der Waals surface area (Å²) in [6.45, 7) is 6.39. The van der Waals surface area contributed by atoms with Gasteiger partial charge in [-0.2, -0.15) is 0 Å². The molecule has 0 unspecified atom stereocenters. The number of epoxide rings is 1. The van der Waals surface area contributed by atoms with Crippen LogP contribution in [0.1, 0.15) is 59.3 Å². The van der Waals surface area contributed by atoms with Gasteiger partial charge in [0, 0.05) is 17.5 Å². The number of hydrogen-bond acceptors (Lipinski definition) is 5. The zero-order valence-electron chi connectivity index (χ0n) is 18.0. The molecule has 6 nitrogen and oxygen atoms in total. The van der Waals surface area contributed by atoms with E-state index in [1.165, 1.54) is 31.8 Å². The fourth-order valence-electron chi connectivity index (χ4n) is 4.43. The zero-order valence-corrected chi connectivity index (χ0v) is 18.8. The van der Waals surface area contributed by atoms with Crippen LogP contribution in [0.15, 0.2) is 34.9 Å². The third kappa shape index (κ3) is 5.54. The summed E-state index contributed by atoms with van der Waals surface area (Å²) in [7, 11) is 0. The van der Waals surface area contributed by atoms with Gasteiger partial charge in [-0.3, -0.25) is 4.79 Å². The van der Waals surface area contributed by atoms with Crippen LogP contribution in [0.25, 0.3) is 0 Å². The summed E-state index contributed by atoms with van der Waals surface area (Å²) >= 11 is 6.10. The molecule has 0 saturated carbocycles. The van der Waals surface area contributed by atoms with Crippen LogP contribution in [0.3, 0.4) is 0 Å². The number of allylic oxidation sites excluding steroid dienone is 3. The summed E-state index contributed by atoms with van der Waals surface area (Å²) in [4.78, 5) is 12.4. The van der Waals surface area contributed by atoms with Crippen molar-refractivity contribution in [2.45, 2.75) is 95.5 Å². The van der Waals surface area contributed by atoms with E-state index in [9.17, 15) is 15.0 Å². The maximum absolute atomic E-state index is 12.4. The minimum absolute atomic E-state index is 0.248. The van der Waals surface area contributed by atoms with Crippen LogP contribution in [-0.2, 0) is 14.3 Å². The van der Waals surface area contributed by atoms with Crippen molar-refractivity contribution in [3.63, 3.8) is 0 Å². The fourth-order valence-corrected chi connectivity index (χ4v) is 4.74. The van der Waals surface area contributed by atoms with Crippen LogP contribution in [0.4, 0.5) is 0 Å². The Labute approximate surface area is 184 Å². The van der Waals surface area contributed by atoms with Crippen molar-refractivity contribution < 1.29 is 24.5 Å². The van der Waals surface area contributed by atoms with Gasteiger partial charge in [-0.15, -0.1) is 0 Å². The molecule has 0 aromatic carbocycles. The summed E-state index contributed by atoms with van der Waals surface area (Å²) in [6, 6.07) is -0.579. The molecule has 0 aromatic rings. The molecule has 0 bridgehead atoms. The highest BCUT2D eigenvalue weighted by molar-refractivity contribution is 6.30. The topological polar surface area (TPSA) is 91.3 Å². The molecule has 3 N–H and O–H groups in total. The number of carbonyl (C=O) groups excluding carboxylic acids is 1. The second-order valence-electron chi connectivity index (χ2n) is 8.85. The number of halogens is 1. The quantitative estimate of drug-likeness (QED) is 0.222. The van der Waals surface area contributed by atoms with Gasteiger partial charge < -0.3 is 25.0 Å². The molecule has 2 fully saturated rings. The highest BCUT2D eigenvalue weighted by Gasteiger charge is 2.65. The summed E-state index contributed by atoms with van der Waals surface area (Å²) < 4.78 is 11.2. The van der Waals surface area contributed by atoms with Crippen LogP contribution in [0.2, 0.25) is 0 Å². The van der Waals surface area contributed by atoms with Gasteiger partial charge in [0.05, 0.1) is 6.04 Å². The third-order valence-corrected chi connectivity index (χ3v) is 6.42. The molecule has 168 valence electrons. The standard InChI is InChI=1S/C23H34ClNO5/c1-4-5-6-7-8-14(2)11-15(3)9-10-18(26)25-17-13-23(30-22(17)28)12-16(24)19(27)20-21(23)29-20/h9-12,14,17,19-22,27-28H,4-8,13H2,1-3H3,(H,25,26)/b10-9+,15-11+/t14-,17+,19+,20+,21+,22-,23+/m1/s1. The minimum Gasteiger partial charge on any atom is -0.385 e. The molecule has 1 spiro atoms. The van der Waals surface area contributed by atoms with Crippen LogP contribution in [0, 0.1) is 5.92 Å². The van der Waals surface area contributed by atoms with Gasteiger partial charge in [0.1, 0.15) is 23.9 Å². The Kier molecular flexibility index (Phi) is 7.80. The lowest BCUT2D eigenvalue weighted by Crippen LogP contribution is -2.42. The maximum atomic E-state index is 12.4. The van der Waals surface area contributed by atoms with Crippen LogP contribution in [0.5, 0.6) is 0 Å². The normalized spacial score (nSPS) is 36.7. The van der Waals surface area contributed by atoms with Crippen molar-refractivity contribution in [1.29, 1.82) is 0 Å². The number of rotatable bonds is 9. The Balaban J connectivity index is 1.50. The van der Waals surface area contributed by atoms with Crippen molar-refractivity contribution in [1.82, 2.24) is 5.32 Å². The fraction of sp³-hybridized carbons (Fsp3) is 0.696. The van der Waals surface area contributed by atoms with Gasteiger partial charge in [-0.1, -0.05) is 68.9 Å². The molecule has 30 heavy (non-hydrogen) atoms. The van der Waals surface area contributed by atoms with E-state index in [4.69, 9.17) is 21.1 Å². The van der Waals surface area contributed by atoms with Gasteiger partial charge in [0.25, 0.3) is 0 Å². The molecule has 1 amide bonds. The highest BCUT2D eigenvalue weighted by atomic mass is 35.5. The maximum Gasteiger partial charge on any atom is 0.244 e. The smallest absolute Gasteiger partial charge is 0.244 e. The lowest BCUT2D eigenvalue weighted by Gasteiger charge is -2.27. The molecule has 0 aromatic heterocycles. The van der Waals surface area contributed by atoms with Crippen LogP contribution in [-0.4, -0.2) is 52.4 Å². The Bertz CT molecular complexity index is 720. The first-order chi connectivity index (χ1) is 14.3. The van der Waals surface area contributed by atoms with E-state index in [2.05, 4.69) is 25.2 Å². The molecular formula is C23H34ClNO5. The Morgan fingerprint density at radius 1 is 1.37 bits per heavy atom. The number of hydrogen-bond donors (Lipinski definition) is 3. The molecule has 7 atom stereocenters. The van der Waals surface area contributed by atoms with E-state index >= 15 is 0 Å². The molecule has 2 heterocycles. The van der Waals surface area contributed by atoms with Crippen molar-refractivity contribution in [2.24, 2.45) is 5.92 Å². The summed E-state index contributed by atoms with van der Waals surface area (Å²) in [6.07, 6.45) is 10.8. The number of ether oxygens (including phenoxy) is 2. The Hall–Kier alpha value is -1.18. The number of fused-ring (bicyclic) bond motifs is 2. The molecule has 2 aliphatic heterocycles. The lowest BCUT2D eigenvalue weighted by molar-refractivity contribution is -0.137. The van der Waals surface area contributed by atoms with E-state index in [-0.39, 0.29) is 17.0 Å². The molecule has 7 heteroatoms. The molecular weight excluding hydrogens is 406 g/mol. The molecule has 3 aliphatic rings. The van der Waals surface area contributed by atoms with Gasteiger partial charge in [-0.25, -0.2) is 0 Å². The third-order valence-electron chi connectivity index (χ3n) is 6.09. The number of unbranched alkanes of at least 4 members (excludes halogenated alkanes) is 3. The zero-order chi connectivity index (χ0) is 21.9.